The molecule has 0 aromatic heterocycles. The Morgan fingerprint density at radius 2 is 0.762 bits per heavy atom. The molecule has 0 spiro atoms. The fourth-order valence-corrected chi connectivity index (χ4v) is 9.56. The molecular formula is C71H124N2O6P+. The van der Waals surface area contributed by atoms with Crippen LogP contribution in [0.3, 0.4) is 0 Å². The molecule has 0 aliphatic heterocycles. The number of quaternary nitrogens is 1. The van der Waals surface area contributed by atoms with Crippen molar-refractivity contribution in [2.24, 2.45) is 0 Å². The van der Waals surface area contributed by atoms with Gasteiger partial charge in [0.15, 0.2) is 0 Å². The van der Waals surface area contributed by atoms with Gasteiger partial charge in [-0.3, -0.25) is 13.8 Å². The Morgan fingerprint density at radius 3 is 1.15 bits per heavy atom. The van der Waals surface area contributed by atoms with Gasteiger partial charge in [0.25, 0.3) is 0 Å². The molecule has 0 saturated heterocycles. The van der Waals surface area contributed by atoms with Crippen molar-refractivity contribution in [3.63, 3.8) is 0 Å². The summed E-state index contributed by atoms with van der Waals surface area (Å²) in [6, 6.07) is -0.907. The fourth-order valence-electron chi connectivity index (χ4n) is 8.83. The molecule has 0 fully saturated rings. The summed E-state index contributed by atoms with van der Waals surface area (Å²) in [4.78, 5) is 23.3. The van der Waals surface area contributed by atoms with Crippen LogP contribution in [0.5, 0.6) is 0 Å². The maximum absolute atomic E-state index is 13.0. The van der Waals surface area contributed by atoms with Crippen molar-refractivity contribution >= 4 is 13.7 Å². The first kappa shape index (κ1) is 76.6. The lowest BCUT2D eigenvalue weighted by Crippen LogP contribution is -2.45. The smallest absolute Gasteiger partial charge is 0.387 e. The molecule has 3 N–H and O–H groups in total. The van der Waals surface area contributed by atoms with Crippen LogP contribution in [-0.2, 0) is 18.4 Å². The van der Waals surface area contributed by atoms with Gasteiger partial charge in [-0.2, -0.15) is 0 Å². The van der Waals surface area contributed by atoms with Crippen molar-refractivity contribution in [2.45, 2.75) is 270 Å². The van der Waals surface area contributed by atoms with Crippen molar-refractivity contribution in [1.82, 2.24) is 5.32 Å². The number of hydrogen-bond acceptors (Lipinski definition) is 5. The molecule has 3 atom stereocenters. The number of carbonyl (C=O) groups is 1. The van der Waals surface area contributed by atoms with E-state index in [9.17, 15) is 19.4 Å². The summed E-state index contributed by atoms with van der Waals surface area (Å²) in [5.74, 6) is -0.248. The summed E-state index contributed by atoms with van der Waals surface area (Å²) < 4.78 is 23.7. The molecule has 8 nitrogen and oxygen atoms in total. The van der Waals surface area contributed by atoms with E-state index in [1.54, 1.807) is 6.08 Å². The molecule has 0 aromatic rings. The molecule has 1 amide bonds. The van der Waals surface area contributed by atoms with Crippen LogP contribution in [0, 0.1) is 0 Å². The largest absolute Gasteiger partial charge is 0.472 e. The monoisotopic (exact) mass is 1130 g/mol. The molecule has 9 heteroatoms. The highest BCUT2D eigenvalue weighted by atomic mass is 31.2. The zero-order valence-electron chi connectivity index (χ0n) is 52.3. The number of phosphoric ester groups is 1. The van der Waals surface area contributed by atoms with Crippen molar-refractivity contribution < 1.29 is 32.9 Å². The van der Waals surface area contributed by atoms with Gasteiger partial charge in [0.05, 0.1) is 39.9 Å². The topological polar surface area (TPSA) is 105 Å². The number of amides is 1. The predicted octanol–water partition coefficient (Wildman–Crippen LogP) is 20.7. The lowest BCUT2D eigenvalue weighted by Gasteiger charge is -2.25. The van der Waals surface area contributed by atoms with E-state index in [0.29, 0.717) is 17.4 Å². The number of unbranched alkanes of at least 4 members (excludes halogenated alkanes) is 25. The predicted molar refractivity (Wildman–Crippen MR) is 350 cm³/mol. The maximum Gasteiger partial charge on any atom is 0.472 e. The van der Waals surface area contributed by atoms with E-state index < -0.39 is 20.0 Å². The van der Waals surface area contributed by atoms with Gasteiger partial charge < -0.3 is 19.8 Å². The quantitative estimate of drug-likeness (QED) is 0.0243. The van der Waals surface area contributed by atoms with Crippen LogP contribution in [-0.4, -0.2) is 73.4 Å². The Bertz CT molecular complexity index is 1760. The summed E-state index contributed by atoms with van der Waals surface area (Å²) >= 11 is 0. The van der Waals surface area contributed by atoms with Crippen molar-refractivity contribution in [3.8, 4) is 0 Å². The lowest BCUT2D eigenvalue weighted by molar-refractivity contribution is -0.870. The summed E-state index contributed by atoms with van der Waals surface area (Å²) in [5.41, 5.74) is 0. The molecule has 80 heavy (non-hydrogen) atoms. The summed E-state index contributed by atoms with van der Waals surface area (Å²) in [6.45, 7) is 4.64. The number of phosphoric acid groups is 1. The van der Waals surface area contributed by atoms with E-state index in [-0.39, 0.29) is 25.5 Å². The van der Waals surface area contributed by atoms with Crippen LogP contribution in [0.25, 0.3) is 0 Å². The molecule has 0 rings (SSSR count). The number of aliphatic hydroxyl groups is 1. The van der Waals surface area contributed by atoms with Crippen LogP contribution in [0.15, 0.2) is 134 Å². The van der Waals surface area contributed by atoms with Gasteiger partial charge in [0, 0.05) is 6.42 Å². The van der Waals surface area contributed by atoms with E-state index in [2.05, 4.69) is 141 Å². The number of nitrogens with one attached hydrogen (secondary N) is 1. The van der Waals surface area contributed by atoms with E-state index in [1.165, 1.54) is 148 Å². The highest BCUT2D eigenvalue weighted by Crippen LogP contribution is 2.43. The van der Waals surface area contributed by atoms with E-state index in [4.69, 9.17) is 9.05 Å². The van der Waals surface area contributed by atoms with Crippen LogP contribution >= 0.6 is 7.82 Å². The van der Waals surface area contributed by atoms with Gasteiger partial charge in [-0.1, -0.05) is 289 Å². The zero-order valence-corrected chi connectivity index (χ0v) is 53.2. The second-order valence-corrected chi connectivity index (χ2v) is 24.2. The number of aliphatic hydroxyl groups excluding tert-OH is 1. The number of hydrogen-bond donors (Lipinski definition) is 3. The molecule has 3 unspecified atom stereocenters. The minimum atomic E-state index is -4.39. The molecule has 0 bridgehead atoms. The van der Waals surface area contributed by atoms with E-state index >= 15 is 0 Å². The molecule has 0 heterocycles. The van der Waals surface area contributed by atoms with Gasteiger partial charge in [-0.15, -0.1) is 0 Å². The van der Waals surface area contributed by atoms with Gasteiger partial charge >= 0.3 is 7.82 Å². The second kappa shape index (κ2) is 60.2. The molecule has 0 saturated carbocycles. The Hall–Kier alpha value is -3.36. The maximum atomic E-state index is 13.0. The summed E-state index contributed by atoms with van der Waals surface area (Å²) in [7, 11) is 1.50. The third kappa shape index (κ3) is 62.2. The minimum absolute atomic E-state index is 0.0377. The Kier molecular flexibility index (Phi) is 57.7. The van der Waals surface area contributed by atoms with Crippen LogP contribution in [0.4, 0.5) is 0 Å². The average Bonchev–Trinajstić information content (AvgIpc) is 3.42. The van der Waals surface area contributed by atoms with Gasteiger partial charge in [0.2, 0.25) is 5.91 Å². The second-order valence-electron chi connectivity index (χ2n) is 22.7. The van der Waals surface area contributed by atoms with Gasteiger partial charge in [0.1, 0.15) is 13.2 Å². The van der Waals surface area contributed by atoms with Crippen molar-refractivity contribution in [2.75, 3.05) is 40.9 Å². The van der Waals surface area contributed by atoms with Crippen LogP contribution in [0.2, 0.25) is 0 Å². The SMILES string of the molecule is CC/C=C\C/C=C\C/C=C\C/C=C\C/C=C\C/C=C\C/C=C\C/C=C\C/C=C\CCCC(=O)NC(COP(=O)(O)OCC[N+](C)(C)C)C(O)/C=C/CC/C=C/CCCCCCCCCCCCCCCCCCCCCCCCC. The molecule has 0 aliphatic rings. The standard InChI is InChI=1S/C71H123N2O6P/c1-6-8-10-12-14-16-18-20-22-24-26-28-30-32-34-36-38-40-42-44-46-48-50-52-54-56-58-60-62-64-70(74)69(68-79-80(76,77)78-67-66-73(3,4)5)72-71(75)65-63-61-59-57-55-53-51-49-47-45-43-41-39-37-35-33-31-29-27-25-23-21-19-17-15-13-11-9-7-2/h9,11,15,17,21,23,27,29,33,35,39,41,45,47,51,53-54,56-57,59,62,64,69-70,74H,6-8,10,12-14,16,18-20,22,24-26,28,30-32,34,36-38,40,42-44,46,48-50,52,55,58,60-61,63,65-68H2,1-5H3,(H-,72,75,76,77)/p+1/b11-9-,17-15-,23-21-,29-27-,35-33-,41-39-,47-45-,53-51-,56-54+,59-57-,64-62+. The minimum Gasteiger partial charge on any atom is -0.387 e. The molecule has 458 valence electrons. The molecular weight excluding hydrogens is 1010 g/mol. The highest BCUT2D eigenvalue weighted by molar-refractivity contribution is 7.47. The molecule has 0 aromatic carbocycles. The molecule has 0 aliphatic carbocycles. The number of rotatable bonds is 58. The summed E-state index contributed by atoms with van der Waals surface area (Å²) in [5, 5.41) is 13.9. The number of nitrogens with zero attached hydrogens (tertiary/aromatic N) is 1. The first-order valence-electron chi connectivity index (χ1n) is 32.6. The third-order valence-electron chi connectivity index (χ3n) is 13.9. The summed E-state index contributed by atoms with van der Waals surface area (Å²) in [6.07, 6.45) is 91.7. The fraction of sp³-hybridized carbons (Fsp3) is 0.676. The van der Waals surface area contributed by atoms with Crippen LogP contribution < -0.4 is 5.32 Å². The Balaban J connectivity index is 4.32. The molecule has 0 radical (unpaired) electrons. The van der Waals surface area contributed by atoms with Gasteiger partial charge in [-0.25, -0.2) is 4.57 Å². The van der Waals surface area contributed by atoms with E-state index in [0.717, 1.165) is 83.5 Å². The van der Waals surface area contributed by atoms with Gasteiger partial charge in [-0.05, 0) is 96.3 Å². The third-order valence-corrected chi connectivity index (χ3v) is 14.8. The van der Waals surface area contributed by atoms with Crippen LogP contribution in [0.1, 0.15) is 258 Å². The first-order chi connectivity index (χ1) is 39.0. The number of likely N-dealkylation sites (N-methyl/N-ethyl adjacent to an activating group) is 1. The Morgan fingerprint density at radius 1 is 0.438 bits per heavy atom. The Labute approximate surface area is 494 Å². The normalized spacial score (nSPS) is 14.6. The zero-order chi connectivity index (χ0) is 58.4. The number of allylic oxidation sites excluding steroid dienone is 21. The highest BCUT2D eigenvalue weighted by Gasteiger charge is 2.27. The lowest BCUT2D eigenvalue weighted by atomic mass is 10.0. The van der Waals surface area contributed by atoms with E-state index in [1.807, 2.05) is 27.2 Å². The van der Waals surface area contributed by atoms with Crippen molar-refractivity contribution in [3.05, 3.63) is 134 Å². The first-order valence-corrected chi connectivity index (χ1v) is 34.1. The number of carbonyl (C=O) groups excluding carboxylic acids is 1. The van der Waals surface area contributed by atoms with Crippen molar-refractivity contribution in [1.29, 1.82) is 0 Å². The average molecular weight is 1130 g/mol.